The monoisotopic (exact) mass is 235 g/mol. The molecule has 5 heteroatoms. The molecular formula is C12H17N3O2. The van der Waals surface area contributed by atoms with Gasteiger partial charge in [0, 0.05) is 24.8 Å². The highest BCUT2D eigenvalue weighted by molar-refractivity contribution is 5.70. The SMILES string of the molecule is CC(Cc1cncnc1N1CCCC1)C(=O)O. The molecule has 5 nitrogen and oxygen atoms in total. The van der Waals surface area contributed by atoms with Gasteiger partial charge < -0.3 is 10.0 Å². The summed E-state index contributed by atoms with van der Waals surface area (Å²) < 4.78 is 0. The molecule has 2 rings (SSSR count). The van der Waals surface area contributed by atoms with E-state index in [9.17, 15) is 4.79 Å². The summed E-state index contributed by atoms with van der Waals surface area (Å²) in [6, 6.07) is 0. The van der Waals surface area contributed by atoms with E-state index in [-0.39, 0.29) is 0 Å². The molecule has 0 saturated carbocycles. The van der Waals surface area contributed by atoms with Gasteiger partial charge in [-0.1, -0.05) is 6.92 Å². The lowest BCUT2D eigenvalue weighted by molar-refractivity contribution is -0.141. The van der Waals surface area contributed by atoms with Crippen LogP contribution in [0.25, 0.3) is 0 Å². The molecule has 0 bridgehead atoms. The van der Waals surface area contributed by atoms with Crippen LogP contribution >= 0.6 is 0 Å². The van der Waals surface area contributed by atoms with Crippen molar-refractivity contribution in [2.75, 3.05) is 18.0 Å². The lowest BCUT2D eigenvalue weighted by atomic mass is 10.0. The number of carboxylic acids is 1. The predicted octanol–water partition coefficient (Wildman–Crippen LogP) is 1.34. The molecule has 1 atom stereocenters. The lowest BCUT2D eigenvalue weighted by Gasteiger charge is -2.20. The number of hydrogen-bond donors (Lipinski definition) is 1. The normalized spacial score (nSPS) is 17.1. The molecule has 1 N–H and O–H groups in total. The Morgan fingerprint density at radius 1 is 1.53 bits per heavy atom. The number of anilines is 1. The van der Waals surface area contributed by atoms with E-state index in [1.807, 2.05) is 0 Å². The maximum Gasteiger partial charge on any atom is 0.306 e. The van der Waals surface area contributed by atoms with E-state index in [1.165, 1.54) is 19.2 Å². The molecule has 0 aromatic carbocycles. The Kier molecular flexibility index (Phi) is 3.56. The first kappa shape index (κ1) is 11.8. The van der Waals surface area contributed by atoms with Gasteiger partial charge in [-0.25, -0.2) is 9.97 Å². The second-order valence-electron chi connectivity index (χ2n) is 4.51. The fraction of sp³-hybridized carbons (Fsp3) is 0.583. The number of carboxylic acid groups (broad SMARTS) is 1. The quantitative estimate of drug-likeness (QED) is 0.853. The summed E-state index contributed by atoms with van der Waals surface area (Å²) in [5, 5.41) is 8.95. The van der Waals surface area contributed by atoms with Gasteiger partial charge in [0.15, 0.2) is 0 Å². The standard InChI is InChI=1S/C12H17N3O2/c1-9(12(16)17)6-10-7-13-8-14-11(10)15-4-2-3-5-15/h7-9H,2-6H2,1H3,(H,16,17). The van der Waals surface area contributed by atoms with Gasteiger partial charge in [0.1, 0.15) is 12.1 Å². The van der Waals surface area contributed by atoms with Gasteiger partial charge in [0.05, 0.1) is 5.92 Å². The molecule has 1 aliphatic heterocycles. The largest absolute Gasteiger partial charge is 0.481 e. The third-order valence-corrected chi connectivity index (χ3v) is 3.12. The van der Waals surface area contributed by atoms with Crippen LogP contribution < -0.4 is 4.90 Å². The first-order chi connectivity index (χ1) is 8.18. The molecular weight excluding hydrogens is 218 g/mol. The second-order valence-corrected chi connectivity index (χ2v) is 4.51. The molecule has 0 spiro atoms. The smallest absolute Gasteiger partial charge is 0.306 e. The van der Waals surface area contributed by atoms with Crippen LogP contribution in [0.2, 0.25) is 0 Å². The van der Waals surface area contributed by atoms with Gasteiger partial charge in [-0.15, -0.1) is 0 Å². The van der Waals surface area contributed by atoms with Crippen LogP contribution in [0.4, 0.5) is 5.82 Å². The Labute approximate surface area is 100 Å². The molecule has 0 aliphatic carbocycles. The van der Waals surface area contributed by atoms with Crippen molar-refractivity contribution in [3.8, 4) is 0 Å². The number of carbonyl (C=O) groups is 1. The molecule has 1 unspecified atom stereocenters. The summed E-state index contributed by atoms with van der Waals surface area (Å²) in [7, 11) is 0. The average Bonchev–Trinajstić information content (AvgIpc) is 2.83. The van der Waals surface area contributed by atoms with Gasteiger partial charge in [-0.05, 0) is 19.3 Å². The van der Waals surface area contributed by atoms with E-state index < -0.39 is 11.9 Å². The third kappa shape index (κ3) is 2.72. The van der Waals surface area contributed by atoms with E-state index >= 15 is 0 Å². The third-order valence-electron chi connectivity index (χ3n) is 3.12. The highest BCUT2D eigenvalue weighted by atomic mass is 16.4. The fourth-order valence-corrected chi connectivity index (χ4v) is 2.13. The summed E-state index contributed by atoms with van der Waals surface area (Å²) in [6.07, 6.45) is 6.11. The molecule has 2 heterocycles. The first-order valence-electron chi connectivity index (χ1n) is 5.95. The molecule has 1 saturated heterocycles. The zero-order valence-electron chi connectivity index (χ0n) is 9.96. The van der Waals surface area contributed by atoms with E-state index in [1.54, 1.807) is 13.1 Å². The highest BCUT2D eigenvalue weighted by Crippen LogP contribution is 2.23. The van der Waals surface area contributed by atoms with Crippen molar-refractivity contribution in [2.24, 2.45) is 5.92 Å². The maximum absolute atomic E-state index is 10.9. The summed E-state index contributed by atoms with van der Waals surface area (Å²) in [5.74, 6) is -0.269. The van der Waals surface area contributed by atoms with Crippen LogP contribution in [-0.4, -0.2) is 34.1 Å². The number of aliphatic carboxylic acids is 1. The number of aromatic nitrogens is 2. The van der Waals surface area contributed by atoms with Crippen molar-refractivity contribution < 1.29 is 9.90 Å². The molecule has 1 aliphatic rings. The molecule has 1 fully saturated rings. The number of hydrogen-bond acceptors (Lipinski definition) is 4. The van der Waals surface area contributed by atoms with Crippen LogP contribution in [0.3, 0.4) is 0 Å². The van der Waals surface area contributed by atoms with Gasteiger partial charge >= 0.3 is 5.97 Å². The summed E-state index contributed by atoms with van der Waals surface area (Å²) in [6.45, 7) is 3.72. The number of rotatable bonds is 4. The zero-order chi connectivity index (χ0) is 12.3. The van der Waals surface area contributed by atoms with Crippen molar-refractivity contribution in [1.82, 2.24) is 9.97 Å². The molecule has 0 amide bonds. The van der Waals surface area contributed by atoms with Crippen molar-refractivity contribution >= 4 is 11.8 Å². The minimum Gasteiger partial charge on any atom is -0.481 e. The second kappa shape index (κ2) is 5.12. The topological polar surface area (TPSA) is 66.3 Å². The summed E-state index contributed by atoms with van der Waals surface area (Å²) >= 11 is 0. The van der Waals surface area contributed by atoms with Gasteiger partial charge in [-0.2, -0.15) is 0 Å². The van der Waals surface area contributed by atoms with Crippen molar-refractivity contribution in [2.45, 2.75) is 26.2 Å². The Morgan fingerprint density at radius 2 is 2.24 bits per heavy atom. The van der Waals surface area contributed by atoms with E-state index in [0.29, 0.717) is 6.42 Å². The Hall–Kier alpha value is -1.65. The lowest BCUT2D eigenvalue weighted by Crippen LogP contribution is -2.22. The highest BCUT2D eigenvalue weighted by Gasteiger charge is 2.20. The molecule has 1 aromatic heterocycles. The van der Waals surface area contributed by atoms with Gasteiger partial charge in [0.2, 0.25) is 0 Å². The maximum atomic E-state index is 10.9. The van der Waals surface area contributed by atoms with Crippen molar-refractivity contribution in [1.29, 1.82) is 0 Å². The minimum absolute atomic E-state index is 0.401. The minimum atomic E-state index is -0.777. The Balaban J connectivity index is 2.18. The zero-order valence-corrected chi connectivity index (χ0v) is 9.96. The Morgan fingerprint density at radius 3 is 2.88 bits per heavy atom. The van der Waals surface area contributed by atoms with E-state index in [2.05, 4.69) is 14.9 Å². The summed E-state index contributed by atoms with van der Waals surface area (Å²) in [5.41, 5.74) is 0.935. The van der Waals surface area contributed by atoms with Crippen LogP contribution in [0, 0.1) is 5.92 Å². The molecule has 92 valence electrons. The van der Waals surface area contributed by atoms with Crippen LogP contribution in [-0.2, 0) is 11.2 Å². The van der Waals surface area contributed by atoms with Crippen molar-refractivity contribution in [3.05, 3.63) is 18.1 Å². The van der Waals surface area contributed by atoms with E-state index in [0.717, 1.165) is 24.5 Å². The van der Waals surface area contributed by atoms with Gasteiger partial charge in [-0.3, -0.25) is 4.79 Å². The van der Waals surface area contributed by atoms with Gasteiger partial charge in [0.25, 0.3) is 0 Å². The van der Waals surface area contributed by atoms with Crippen LogP contribution in [0.1, 0.15) is 25.3 Å². The predicted molar refractivity (Wildman–Crippen MR) is 64.0 cm³/mol. The summed E-state index contributed by atoms with van der Waals surface area (Å²) in [4.78, 5) is 21.4. The Bertz CT molecular complexity index is 402. The van der Waals surface area contributed by atoms with Crippen molar-refractivity contribution in [3.63, 3.8) is 0 Å². The molecule has 1 aromatic rings. The molecule has 0 radical (unpaired) electrons. The molecule has 17 heavy (non-hydrogen) atoms. The first-order valence-corrected chi connectivity index (χ1v) is 5.95. The van der Waals surface area contributed by atoms with Crippen LogP contribution in [0.15, 0.2) is 12.5 Å². The fourth-order valence-electron chi connectivity index (χ4n) is 2.13. The average molecular weight is 235 g/mol. The number of nitrogens with zero attached hydrogens (tertiary/aromatic N) is 3. The van der Waals surface area contributed by atoms with E-state index in [4.69, 9.17) is 5.11 Å². The van der Waals surface area contributed by atoms with Crippen LogP contribution in [0.5, 0.6) is 0 Å².